The van der Waals surface area contributed by atoms with Crippen LogP contribution in [0.2, 0.25) is 0 Å². The smallest absolute Gasteiger partial charge is 0.166 e. The van der Waals surface area contributed by atoms with Gasteiger partial charge in [-0.1, -0.05) is 25.5 Å². The standard InChI is InChI=1S/C28H34N2O3/c1-3-4-5-6-20-13-19-15-28(32)22-14-18-9-10-21(31)25-23(18)27(28,26(33-25)24(19)29(20)2)11-12-30(22)16-17-7-8-17/h5-6,9-10,13,17,22,26,31-32H,3-4,7-8,11-12,14-16H2,1-2H3/b6-5+/t22-,26?,27+,28-/m1/s1. The largest absolute Gasteiger partial charge is 0.504 e. The number of rotatable bonds is 5. The van der Waals surface area contributed by atoms with Gasteiger partial charge in [0.1, 0.15) is 0 Å². The minimum absolute atomic E-state index is 0.0911. The summed E-state index contributed by atoms with van der Waals surface area (Å²) in [5.74, 6) is 1.61. The van der Waals surface area contributed by atoms with Gasteiger partial charge in [0.05, 0.1) is 16.7 Å². The number of aliphatic hydroxyl groups is 1. The van der Waals surface area contributed by atoms with E-state index in [0.717, 1.165) is 50.3 Å². The van der Waals surface area contributed by atoms with Crippen LogP contribution in [-0.2, 0) is 25.3 Å². The SMILES string of the molecule is CCC/C=C/c1cc2c(n1C)C1Oc3c(O)ccc4c3[C@@]13CCN(CC1CC1)[C@H](C4)[C@]3(O)C2. The van der Waals surface area contributed by atoms with Crippen LogP contribution >= 0.6 is 0 Å². The highest BCUT2D eigenvalue weighted by Gasteiger charge is 2.72. The van der Waals surface area contributed by atoms with Gasteiger partial charge in [-0.3, -0.25) is 4.90 Å². The number of nitrogens with zero attached hydrogens (tertiary/aromatic N) is 2. The number of unbranched alkanes of at least 4 members (excludes halogenated alkanes) is 1. The lowest BCUT2D eigenvalue weighted by molar-refractivity contribution is -0.173. The van der Waals surface area contributed by atoms with Gasteiger partial charge in [-0.15, -0.1) is 0 Å². The fourth-order valence-electron chi connectivity index (χ4n) is 7.66. The minimum atomic E-state index is -0.893. The highest BCUT2D eigenvalue weighted by Crippen LogP contribution is 2.68. The number of fused-ring (bicyclic) bond motifs is 2. The molecular formula is C28H34N2O3. The molecule has 0 radical (unpaired) electrons. The van der Waals surface area contributed by atoms with Crippen LogP contribution in [0, 0.1) is 5.92 Å². The van der Waals surface area contributed by atoms with E-state index in [0.29, 0.717) is 12.2 Å². The number of likely N-dealkylation sites (tertiary alicyclic amines) is 1. The van der Waals surface area contributed by atoms with Gasteiger partial charge >= 0.3 is 0 Å². The molecule has 3 aliphatic carbocycles. The maximum absolute atomic E-state index is 12.7. The van der Waals surface area contributed by atoms with Crippen LogP contribution in [0.4, 0.5) is 0 Å². The van der Waals surface area contributed by atoms with Gasteiger partial charge in [0, 0.05) is 37.3 Å². The molecule has 0 amide bonds. The van der Waals surface area contributed by atoms with Crippen LogP contribution in [0.25, 0.3) is 6.08 Å². The molecule has 1 aromatic carbocycles. The Bertz CT molecular complexity index is 1180. The molecule has 2 aliphatic heterocycles. The summed E-state index contributed by atoms with van der Waals surface area (Å²) >= 11 is 0. The van der Waals surface area contributed by atoms with E-state index in [1.807, 2.05) is 0 Å². The average molecular weight is 447 g/mol. The average Bonchev–Trinajstić information content (AvgIpc) is 3.46. The summed E-state index contributed by atoms with van der Waals surface area (Å²) in [5.41, 5.74) is 4.49. The number of hydrogen-bond acceptors (Lipinski definition) is 4. The van der Waals surface area contributed by atoms with E-state index in [-0.39, 0.29) is 17.9 Å². The van der Waals surface area contributed by atoms with Gasteiger partial charge in [-0.2, -0.15) is 0 Å². The molecule has 1 saturated carbocycles. The molecule has 4 atom stereocenters. The van der Waals surface area contributed by atoms with Gasteiger partial charge in [-0.05, 0) is 73.9 Å². The zero-order chi connectivity index (χ0) is 22.5. The number of phenolic OH excluding ortho intramolecular Hbond substituents is 1. The number of allylic oxidation sites excluding steroid dienone is 1. The van der Waals surface area contributed by atoms with Crippen LogP contribution in [-0.4, -0.2) is 44.4 Å². The first-order chi connectivity index (χ1) is 16.0. The lowest BCUT2D eigenvalue weighted by atomic mass is 9.49. The summed E-state index contributed by atoms with van der Waals surface area (Å²) in [4.78, 5) is 2.59. The Morgan fingerprint density at radius 3 is 2.88 bits per heavy atom. The van der Waals surface area contributed by atoms with Gasteiger partial charge < -0.3 is 19.5 Å². The minimum Gasteiger partial charge on any atom is -0.504 e. The third-order valence-electron chi connectivity index (χ3n) is 9.37. The second kappa shape index (κ2) is 6.67. The molecule has 2 bridgehead atoms. The van der Waals surface area contributed by atoms with Gasteiger partial charge in [-0.25, -0.2) is 0 Å². The highest BCUT2D eigenvalue weighted by molar-refractivity contribution is 5.65. The van der Waals surface area contributed by atoms with Crippen molar-refractivity contribution < 1.29 is 14.9 Å². The monoisotopic (exact) mass is 446 g/mol. The Morgan fingerprint density at radius 1 is 1.24 bits per heavy atom. The number of aromatic hydroxyl groups is 1. The molecule has 1 unspecified atom stereocenters. The number of piperidine rings is 1. The topological polar surface area (TPSA) is 57.9 Å². The van der Waals surface area contributed by atoms with Crippen molar-refractivity contribution in [1.82, 2.24) is 9.47 Å². The fraction of sp³-hybridized carbons (Fsp3) is 0.571. The fourth-order valence-corrected chi connectivity index (χ4v) is 7.66. The second-order valence-corrected chi connectivity index (χ2v) is 11.2. The van der Waals surface area contributed by atoms with Crippen molar-refractivity contribution in [3.05, 3.63) is 52.4 Å². The molecule has 174 valence electrons. The summed E-state index contributed by atoms with van der Waals surface area (Å²) in [6.45, 7) is 4.28. The Hall–Kier alpha value is -2.24. The van der Waals surface area contributed by atoms with Crippen LogP contribution < -0.4 is 4.74 Å². The predicted molar refractivity (Wildman–Crippen MR) is 128 cm³/mol. The van der Waals surface area contributed by atoms with Crippen molar-refractivity contribution in [3.8, 4) is 11.5 Å². The first kappa shape index (κ1) is 20.2. The molecule has 2 aromatic rings. The van der Waals surface area contributed by atoms with E-state index >= 15 is 0 Å². The number of benzene rings is 1. The second-order valence-electron chi connectivity index (χ2n) is 11.2. The van der Waals surface area contributed by atoms with E-state index in [2.05, 4.69) is 47.7 Å². The van der Waals surface area contributed by atoms with Crippen LogP contribution in [0.1, 0.15) is 73.2 Å². The molecule has 2 fully saturated rings. The van der Waals surface area contributed by atoms with Crippen molar-refractivity contribution in [1.29, 1.82) is 0 Å². The Kier molecular flexibility index (Phi) is 4.07. The molecule has 1 spiro atoms. The zero-order valence-corrected chi connectivity index (χ0v) is 19.7. The molecule has 33 heavy (non-hydrogen) atoms. The summed E-state index contributed by atoms with van der Waals surface area (Å²) in [5, 5.41) is 23.5. The van der Waals surface area contributed by atoms with Crippen molar-refractivity contribution in [3.63, 3.8) is 0 Å². The van der Waals surface area contributed by atoms with E-state index < -0.39 is 11.0 Å². The quantitative estimate of drug-likeness (QED) is 0.721. The lowest BCUT2D eigenvalue weighted by Crippen LogP contribution is -2.74. The predicted octanol–water partition coefficient (Wildman–Crippen LogP) is 4.24. The molecule has 3 heterocycles. The lowest BCUT2D eigenvalue weighted by Gasteiger charge is -2.62. The Balaban J connectivity index is 1.43. The molecule has 1 aromatic heterocycles. The third-order valence-corrected chi connectivity index (χ3v) is 9.37. The van der Waals surface area contributed by atoms with Crippen molar-refractivity contribution in [2.45, 2.75) is 75.0 Å². The first-order valence-corrected chi connectivity index (χ1v) is 12.8. The normalized spacial score (nSPS) is 33.8. The first-order valence-electron chi connectivity index (χ1n) is 12.8. The zero-order valence-electron chi connectivity index (χ0n) is 19.7. The number of hydrogen-bond donors (Lipinski definition) is 2. The summed E-state index contributed by atoms with van der Waals surface area (Å²) in [6.07, 6.45) is 11.4. The van der Waals surface area contributed by atoms with Crippen molar-refractivity contribution in [2.75, 3.05) is 13.1 Å². The van der Waals surface area contributed by atoms with E-state index in [1.165, 1.54) is 35.4 Å². The van der Waals surface area contributed by atoms with Gasteiger partial charge in [0.2, 0.25) is 0 Å². The van der Waals surface area contributed by atoms with Gasteiger partial charge in [0.15, 0.2) is 17.6 Å². The molecule has 5 aliphatic rings. The Labute approximate surface area is 195 Å². The van der Waals surface area contributed by atoms with Crippen LogP contribution in [0.15, 0.2) is 24.3 Å². The van der Waals surface area contributed by atoms with E-state index in [4.69, 9.17) is 4.74 Å². The number of phenols is 1. The van der Waals surface area contributed by atoms with E-state index in [1.54, 1.807) is 6.07 Å². The van der Waals surface area contributed by atoms with Crippen molar-refractivity contribution >= 4 is 6.08 Å². The van der Waals surface area contributed by atoms with Crippen LogP contribution in [0.5, 0.6) is 11.5 Å². The summed E-state index contributed by atoms with van der Waals surface area (Å²) in [6, 6.07) is 6.22. The van der Waals surface area contributed by atoms with Crippen LogP contribution in [0.3, 0.4) is 0 Å². The molecule has 2 N–H and O–H groups in total. The summed E-state index contributed by atoms with van der Waals surface area (Å²) < 4.78 is 8.94. The Morgan fingerprint density at radius 2 is 2.09 bits per heavy atom. The molecule has 5 heteroatoms. The highest BCUT2D eigenvalue weighted by atomic mass is 16.5. The molecule has 7 rings (SSSR count). The number of ether oxygens (including phenoxy) is 1. The molecule has 5 nitrogen and oxygen atoms in total. The maximum atomic E-state index is 12.7. The van der Waals surface area contributed by atoms with Crippen molar-refractivity contribution in [2.24, 2.45) is 13.0 Å². The van der Waals surface area contributed by atoms with E-state index in [9.17, 15) is 10.2 Å². The molecule has 1 saturated heterocycles. The number of aromatic nitrogens is 1. The third kappa shape index (κ3) is 2.45. The summed E-state index contributed by atoms with van der Waals surface area (Å²) in [7, 11) is 2.13. The van der Waals surface area contributed by atoms with Gasteiger partial charge in [0.25, 0.3) is 0 Å². The molecular weight excluding hydrogens is 412 g/mol. The maximum Gasteiger partial charge on any atom is 0.166 e.